The number of piperidine rings is 1. The fourth-order valence-corrected chi connectivity index (χ4v) is 3.31. The van der Waals surface area contributed by atoms with Gasteiger partial charge in [-0.3, -0.25) is 9.79 Å². The Bertz CT molecular complexity index is 764. The number of halogens is 1. The van der Waals surface area contributed by atoms with Crippen LogP contribution in [0.25, 0.3) is 0 Å². The fraction of sp³-hybridized carbons (Fsp3) is 0.591. The number of carbonyl (C=O) groups is 2. The van der Waals surface area contributed by atoms with Gasteiger partial charge in [0.25, 0.3) is 5.91 Å². The molecule has 8 nitrogen and oxygen atoms in total. The van der Waals surface area contributed by atoms with Gasteiger partial charge in [0.1, 0.15) is 5.60 Å². The Hall–Kier alpha value is -2.04. The molecule has 174 valence electrons. The number of nitrogens with one attached hydrogen (secondary N) is 3. The first-order chi connectivity index (χ1) is 14.2. The van der Waals surface area contributed by atoms with Crippen LogP contribution in [0.1, 0.15) is 49.5 Å². The van der Waals surface area contributed by atoms with Gasteiger partial charge in [-0.15, -0.1) is 24.0 Å². The van der Waals surface area contributed by atoms with Crippen molar-refractivity contribution in [2.24, 2.45) is 4.99 Å². The van der Waals surface area contributed by atoms with Crippen molar-refractivity contribution in [2.75, 3.05) is 33.7 Å². The van der Waals surface area contributed by atoms with E-state index in [0.29, 0.717) is 31.2 Å². The molecule has 1 fully saturated rings. The van der Waals surface area contributed by atoms with Crippen molar-refractivity contribution in [3.8, 4) is 0 Å². The van der Waals surface area contributed by atoms with E-state index in [1.807, 2.05) is 39.0 Å². The van der Waals surface area contributed by atoms with Crippen LogP contribution in [0.4, 0.5) is 4.79 Å². The van der Waals surface area contributed by atoms with Crippen molar-refractivity contribution in [3.05, 3.63) is 35.4 Å². The van der Waals surface area contributed by atoms with Gasteiger partial charge in [0.15, 0.2) is 5.96 Å². The van der Waals surface area contributed by atoms with Gasteiger partial charge < -0.3 is 25.6 Å². The Morgan fingerprint density at radius 3 is 2.68 bits per heavy atom. The maximum absolute atomic E-state index is 12.3. The van der Waals surface area contributed by atoms with E-state index in [4.69, 9.17) is 4.74 Å². The smallest absolute Gasteiger partial charge is 0.410 e. The zero-order valence-electron chi connectivity index (χ0n) is 19.2. The van der Waals surface area contributed by atoms with E-state index >= 15 is 0 Å². The lowest BCUT2D eigenvalue weighted by Gasteiger charge is -2.35. The lowest BCUT2D eigenvalue weighted by molar-refractivity contribution is 0.0193. The van der Waals surface area contributed by atoms with Crippen LogP contribution >= 0.6 is 24.0 Å². The normalized spacial score (nSPS) is 16.7. The number of benzene rings is 1. The van der Waals surface area contributed by atoms with Crippen LogP contribution in [0.2, 0.25) is 0 Å². The zero-order chi connectivity index (χ0) is 22.1. The Kier molecular flexibility index (Phi) is 11.1. The Morgan fingerprint density at radius 1 is 1.29 bits per heavy atom. The number of aliphatic imine (C=N–C) groups is 1. The molecule has 1 unspecified atom stereocenters. The molecule has 31 heavy (non-hydrogen) atoms. The number of ether oxygens (including phenoxy) is 1. The molecule has 0 radical (unpaired) electrons. The van der Waals surface area contributed by atoms with E-state index in [2.05, 4.69) is 20.9 Å². The van der Waals surface area contributed by atoms with Crippen molar-refractivity contribution in [1.29, 1.82) is 0 Å². The largest absolute Gasteiger partial charge is 0.444 e. The topological polar surface area (TPSA) is 95.1 Å². The third-order valence-corrected chi connectivity index (χ3v) is 4.76. The molecule has 1 saturated heterocycles. The predicted octanol–water partition coefficient (Wildman–Crippen LogP) is 2.77. The van der Waals surface area contributed by atoms with E-state index in [0.717, 1.165) is 24.8 Å². The van der Waals surface area contributed by atoms with Gasteiger partial charge in [0, 0.05) is 45.3 Å². The lowest BCUT2D eigenvalue weighted by atomic mass is 10.1. The summed E-state index contributed by atoms with van der Waals surface area (Å²) in [6, 6.07) is 7.71. The molecular formula is C22H36IN5O3. The van der Waals surface area contributed by atoms with Crippen LogP contribution in [0.5, 0.6) is 0 Å². The van der Waals surface area contributed by atoms with Gasteiger partial charge in [0.05, 0.1) is 0 Å². The lowest BCUT2D eigenvalue weighted by Crippen LogP contribution is -2.53. The fourth-order valence-electron chi connectivity index (χ4n) is 3.31. The highest BCUT2D eigenvalue weighted by Crippen LogP contribution is 2.15. The minimum absolute atomic E-state index is 0. The SMILES string of the molecule is CN=C(NCCc1cccc(C(=O)NC)c1)NC1CCCN(C(=O)OC(C)(C)C)C1.I. The average Bonchev–Trinajstić information content (AvgIpc) is 2.71. The molecule has 1 atom stereocenters. The van der Waals surface area contributed by atoms with Crippen molar-refractivity contribution in [2.45, 2.75) is 51.7 Å². The molecule has 0 saturated carbocycles. The summed E-state index contributed by atoms with van der Waals surface area (Å²) in [5.41, 5.74) is 1.24. The molecule has 0 spiro atoms. The summed E-state index contributed by atoms with van der Waals surface area (Å²) in [6.45, 7) is 7.60. The summed E-state index contributed by atoms with van der Waals surface area (Å²) < 4.78 is 5.49. The highest BCUT2D eigenvalue weighted by atomic mass is 127. The first kappa shape index (κ1) is 27.0. The first-order valence-electron chi connectivity index (χ1n) is 10.5. The predicted molar refractivity (Wildman–Crippen MR) is 134 cm³/mol. The monoisotopic (exact) mass is 545 g/mol. The molecule has 1 heterocycles. The number of hydrogen-bond donors (Lipinski definition) is 3. The van der Waals surface area contributed by atoms with Crippen LogP contribution < -0.4 is 16.0 Å². The van der Waals surface area contributed by atoms with Crippen LogP contribution in [-0.2, 0) is 11.2 Å². The zero-order valence-corrected chi connectivity index (χ0v) is 21.5. The molecule has 1 aliphatic rings. The molecule has 3 N–H and O–H groups in total. The van der Waals surface area contributed by atoms with Gasteiger partial charge in [0.2, 0.25) is 0 Å². The molecule has 0 bridgehead atoms. The van der Waals surface area contributed by atoms with Gasteiger partial charge in [-0.2, -0.15) is 0 Å². The first-order valence-corrected chi connectivity index (χ1v) is 10.5. The number of guanidine groups is 1. The number of rotatable bonds is 5. The van der Waals surface area contributed by atoms with Gasteiger partial charge in [-0.05, 0) is 57.7 Å². The summed E-state index contributed by atoms with van der Waals surface area (Å²) in [4.78, 5) is 30.2. The summed E-state index contributed by atoms with van der Waals surface area (Å²) in [5, 5.41) is 9.36. The minimum Gasteiger partial charge on any atom is -0.444 e. The maximum atomic E-state index is 12.3. The molecule has 0 aliphatic carbocycles. The van der Waals surface area contributed by atoms with Crippen LogP contribution in [0.3, 0.4) is 0 Å². The Morgan fingerprint density at radius 2 is 2.03 bits per heavy atom. The van der Waals surface area contributed by atoms with Crippen molar-refractivity contribution < 1.29 is 14.3 Å². The summed E-state index contributed by atoms with van der Waals surface area (Å²) >= 11 is 0. The molecule has 1 aliphatic heterocycles. The minimum atomic E-state index is -0.496. The van der Waals surface area contributed by atoms with Gasteiger partial charge in [-0.1, -0.05) is 12.1 Å². The van der Waals surface area contributed by atoms with Gasteiger partial charge in [-0.25, -0.2) is 4.79 Å². The second kappa shape index (κ2) is 12.7. The van der Waals surface area contributed by atoms with Crippen molar-refractivity contribution >= 4 is 41.9 Å². The number of hydrogen-bond acceptors (Lipinski definition) is 4. The van der Waals surface area contributed by atoms with E-state index in [1.165, 1.54) is 0 Å². The summed E-state index contributed by atoms with van der Waals surface area (Å²) in [6.07, 6.45) is 2.38. The molecular weight excluding hydrogens is 509 g/mol. The van der Waals surface area contributed by atoms with Crippen LogP contribution in [0.15, 0.2) is 29.3 Å². The number of carbonyl (C=O) groups excluding carboxylic acids is 2. The third-order valence-electron chi connectivity index (χ3n) is 4.76. The van der Waals surface area contributed by atoms with E-state index in [1.54, 1.807) is 25.1 Å². The molecule has 1 aromatic rings. The second-order valence-corrected chi connectivity index (χ2v) is 8.44. The maximum Gasteiger partial charge on any atom is 0.410 e. The Labute approximate surface area is 202 Å². The van der Waals surface area contributed by atoms with Crippen molar-refractivity contribution in [1.82, 2.24) is 20.9 Å². The molecule has 9 heteroatoms. The van der Waals surface area contributed by atoms with Crippen LogP contribution in [0, 0.1) is 0 Å². The highest BCUT2D eigenvalue weighted by molar-refractivity contribution is 14.0. The molecule has 2 amide bonds. The molecule has 2 rings (SSSR count). The quantitative estimate of drug-likeness (QED) is 0.301. The van der Waals surface area contributed by atoms with Gasteiger partial charge >= 0.3 is 6.09 Å². The third kappa shape index (κ3) is 9.32. The van der Waals surface area contributed by atoms with Crippen molar-refractivity contribution in [3.63, 3.8) is 0 Å². The van der Waals surface area contributed by atoms with Crippen LogP contribution in [-0.4, -0.2) is 68.2 Å². The standard InChI is InChI=1S/C22H35N5O3.HI/c1-22(2,3)30-21(29)27-13-7-10-18(15-27)26-20(24-5)25-12-11-16-8-6-9-17(14-16)19(28)23-4;/h6,8-9,14,18H,7,10-13,15H2,1-5H3,(H,23,28)(H2,24,25,26);1H. The summed E-state index contributed by atoms with van der Waals surface area (Å²) in [7, 11) is 3.36. The van der Waals surface area contributed by atoms with E-state index < -0.39 is 5.60 Å². The molecule has 1 aromatic carbocycles. The number of likely N-dealkylation sites (tertiary alicyclic amines) is 1. The summed E-state index contributed by atoms with van der Waals surface area (Å²) in [5.74, 6) is 0.614. The second-order valence-electron chi connectivity index (χ2n) is 8.44. The Balaban J connectivity index is 0.00000480. The number of amides is 2. The number of nitrogens with zero attached hydrogens (tertiary/aromatic N) is 2. The van der Waals surface area contributed by atoms with E-state index in [-0.39, 0.29) is 42.0 Å². The molecule has 0 aromatic heterocycles. The highest BCUT2D eigenvalue weighted by Gasteiger charge is 2.28. The van der Waals surface area contributed by atoms with E-state index in [9.17, 15) is 9.59 Å². The average molecular weight is 545 g/mol.